The molecule has 1 aliphatic heterocycles. The van der Waals surface area contributed by atoms with Gasteiger partial charge in [-0.25, -0.2) is 4.79 Å². The van der Waals surface area contributed by atoms with E-state index < -0.39 is 11.9 Å². The molecule has 0 spiro atoms. The third-order valence-corrected chi connectivity index (χ3v) is 3.91. The molecule has 1 heterocycles. The van der Waals surface area contributed by atoms with E-state index in [1.54, 1.807) is 4.90 Å². The van der Waals surface area contributed by atoms with Gasteiger partial charge < -0.3 is 14.9 Å². The van der Waals surface area contributed by atoms with Gasteiger partial charge in [-0.1, -0.05) is 19.8 Å². The van der Waals surface area contributed by atoms with Crippen LogP contribution in [0.2, 0.25) is 0 Å². The molecule has 0 aromatic carbocycles. The third-order valence-electron chi connectivity index (χ3n) is 3.91. The molecule has 1 N–H and O–H groups in total. The summed E-state index contributed by atoms with van der Waals surface area (Å²) in [5.74, 6) is -1.19. The maximum Gasteiger partial charge on any atom is 0.320 e. The molecule has 0 aromatic heterocycles. The van der Waals surface area contributed by atoms with Gasteiger partial charge in [0.05, 0.1) is 5.92 Å². The second-order valence-electron chi connectivity index (χ2n) is 5.90. The maximum atomic E-state index is 12.6. The van der Waals surface area contributed by atoms with Crippen molar-refractivity contribution in [3.63, 3.8) is 0 Å². The Kier molecular flexibility index (Phi) is 6.82. The van der Waals surface area contributed by atoms with Crippen LogP contribution in [0, 0.1) is 5.92 Å². The summed E-state index contributed by atoms with van der Waals surface area (Å²) in [6.07, 6.45) is 4.72. The van der Waals surface area contributed by atoms with Crippen LogP contribution in [0.25, 0.3) is 0 Å². The van der Waals surface area contributed by atoms with Crippen molar-refractivity contribution in [1.29, 1.82) is 0 Å². The number of urea groups is 1. The number of amides is 2. The number of carbonyl (C=O) groups excluding carboxylic acids is 1. The van der Waals surface area contributed by atoms with Gasteiger partial charge >= 0.3 is 12.0 Å². The zero-order chi connectivity index (χ0) is 15.1. The number of nitrogens with zero attached hydrogens (tertiary/aromatic N) is 2. The van der Waals surface area contributed by atoms with E-state index in [0.29, 0.717) is 19.5 Å². The first-order valence-electron chi connectivity index (χ1n) is 7.75. The van der Waals surface area contributed by atoms with Crippen LogP contribution in [-0.2, 0) is 4.79 Å². The predicted octanol–water partition coefficient (Wildman–Crippen LogP) is 2.80. The van der Waals surface area contributed by atoms with Crippen LogP contribution in [0.1, 0.15) is 52.9 Å². The number of carboxylic acids is 1. The Labute approximate surface area is 121 Å². The number of hydrogen-bond acceptors (Lipinski definition) is 2. The highest BCUT2D eigenvalue weighted by Gasteiger charge is 2.31. The molecule has 5 heteroatoms. The van der Waals surface area contributed by atoms with Crippen LogP contribution >= 0.6 is 0 Å². The first-order valence-corrected chi connectivity index (χ1v) is 7.75. The van der Waals surface area contributed by atoms with Gasteiger partial charge in [-0.2, -0.15) is 0 Å². The predicted molar refractivity (Wildman–Crippen MR) is 78.7 cm³/mol. The molecule has 0 aliphatic carbocycles. The summed E-state index contributed by atoms with van der Waals surface area (Å²) in [5.41, 5.74) is 0. The molecule has 0 bridgehead atoms. The Morgan fingerprint density at radius 1 is 1.35 bits per heavy atom. The summed E-state index contributed by atoms with van der Waals surface area (Å²) >= 11 is 0. The van der Waals surface area contributed by atoms with Crippen molar-refractivity contribution in [3.05, 3.63) is 0 Å². The normalized spacial score (nSPS) is 19.2. The highest BCUT2D eigenvalue weighted by atomic mass is 16.4. The van der Waals surface area contributed by atoms with E-state index in [9.17, 15) is 9.59 Å². The fourth-order valence-corrected chi connectivity index (χ4v) is 2.64. The molecule has 1 atom stereocenters. The van der Waals surface area contributed by atoms with E-state index >= 15 is 0 Å². The van der Waals surface area contributed by atoms with Crippen LogP contribution in [-0.4, -0.2) is 52.6 Å². The molecular weight excluding hydrogens is 256 g/mol. The van der Waals surface area contributed by atoms with Crippen molar-refractivity contribution in [2.45, 2.75) is 58.9 Å². The average molecular weight is 284 g/mol. The zero-order valence-electron chi connectivity index (χ0n) is 13.0. The lowest BCUT2D eigenvalue weighted by Gasteiger charge is -2.37. The van der Waals surface area contributed by atoms with Crippen molar-refractivity contribution in [1.82, 2.24) is 9.80 Å². The molecule has 116 valence electrons. The summed E-state index contributed by atoms with van der Waals surface area (Å²) in [7, 11) is 0. The first kappa shape index (κ1) is 16.8. The summed E-state index contributed by atoms with van der Waals surface area (Å²) in [5, 5.41) is 9.11. The van der Waals surface area contributed by atoms with E-state index in [1.165, 1.54) is 0 Å². The number of carboxylic acid groups (broad SMARTS) is 1. The van der Waals surface area contributed by atoms with Gasteiger partial charge in [0.15, 0.2) is 0 Å². The van der Waals surface area contributed by atoms with Crippen LogP contribution in [0.5, 0.6) is 0 Å². The van der Waals surface area contributed by atoms with Crippen molar-refractivity contribution < 1.29 is 14.7 Å². The largest absolute Gasteiger partial charge is 0.481 e. The molecule has 5 nitrogen and oxygen atoms in total. The Balaban J connectivity index is 2.61. The lowest BCUT2D eigenvalue weighted by molar-refractivity contribution is -0.143. The molecule has 20 heavy (non-hydrogen) atoms. The molecular formula is C15H28N2O3. The number of likely N-dealkylation sites (tertiary alicyclic amines) is 1. The van der Waals surface area contributed by atoms with Crippen molar-refractivity contribution >= 4 is 12.0 Å². The van der Waals surface area contributed by atoms with Gasteiger partial charge in [0.25, 0.3) is 0 Å². The van der Waals surface area contributed by atoms with Crippen molar-refractivity contribution in [2.24, 2.45) is 5.92 Å². The van der Waals surface area contributed by atoms with Crippen LogP contribution in [0.3, 0.4) is 0 Å². The number of rotatable bonds is 6. The SMILES string of the molecule is CCCCCN(C(=O)N1CCC[C@@H](C(=O)O)C1)C(C)C. The number of hydrogen-bond donors (Lipinski definition) is 1. The Hall–Kier alpha value is -1.26. The van der Waals surface area contributed by atoms with E-state index in [-0.39, 0.29) is 12.1 Å². The number of carbonyl (C=O) groups is 2. The van der Waals surface area contributed by atoms with E-state index in [2.05, 4.69) is 6.92 Å². The van der Waals surface area contributed by atoms with Gasteiger partial charge in [0.2, 0.25) is 0 Å². The molecule has 0 unspecified atom stereocenters. The summed E-state index contributed by atoms with van der Waals surface area (Å²) in [6, 6.07) is 0.159. The third kappa shape index (κ3) is 4.69. The molecule has 0 saturated carbocycles. The average Bonchev–Trinajstić information content (AvgIpc) is 2.42. The number of unbranched alkanes of at least 4 members (excludes halogenated alkanes) is 2. The maximum absolute atomic E-state index is 12.6. The minimum absolute atomic E-state index is 0.00190. The molecule has 0 radical (unpaired) electrons. The van der Waals surface area contributed by atoms with Crippen molar-refractivity contribution in [3.8, 4) is 0 Å². The topological polar surface area (TPSA) is 60.9 Å². The van der Waals surface area contributed by atoms with Gasteiger partial charge in [0.1, 0.15) is 0 Å². The first-order chi connectivity index (χ1) is 9.47. The van der Waals surface area contributed by atoms with Crippen LogP contribution in [0.4, 0.5) is 4.79 Å². The Morgan fingerprint density at radius 2 is 2.05 bits per heavy atom. The summed E-state index contributed by atoms with van der Waals surface area (Å²) in [4.78, 5) is 27.2. The molecule has 1 rings (SSSR count). The van der Waals surface area contributed by atoms with E-state index in [0.717, 1.165) is 32.2 Å². The second kappa shape index (κ2) is 8.12. The Morgan fingerprint density at radius 3 is 2.60 bits per heavy atom. The minimum Gasteiger partial charge on any atom is -0.481 e. The molecule has 0 aromatic rings. The highest BCUT2D eigenvalue weighted by molar-refractivity contribution is 5.77. The number of aliphatic carboxylic acids is 1. The molecule has 1 fully saturated rings. The monoisotopic (exact) mass is 284 g/mol. The fraction of sp³-hybridized carbons (Fsp3) is 0.867. The smallest absolute Gasteiger partial charge is 0.320 e. The quantitative estimate of drug-likeness (QED) is 0.763. The molecule has 1 aliphatic rings. The lowest BCUT2D eigenvalue weighted by atomic mass is 9.98. The Bertz CT molecular complexity index is 331. The van der Waals surface area contributed by atoms with Gasteiger partial charge in [-0.3, -0.25) is 4.79 Å². The van der Waals surface area contributed by atoms with Crippen LogP contribution in [0.15, 0.2) is 0 Å². The van der Waals surface area contributed by atoms with E-state index in [4.69, 9.17) is 5.11 Å². The highest BCUT2D eigenvalue weighted by Crippen LogP contribution is 2.19. The zero-order valence-corrected chi connectivity index (χ0v) is 13.0. The second-order valence-corrected chi connectivity index (χ2v) is 5.90. The number of piperidine rings is 1. The van der Waals surface area contributed by atoms with Crippen LogP contribution < -0.4 is 0 Å². The fourth-order valence-electron chi connectivity index (χ4n) is 2.64. The van der Waals surface area contributed by atoms with Gasteiger partial charge in [-0.05, 0) is 33.1 Å². The van der Waals surface area contributed by atoms with Gasteiger partial charge in [-0.15, -0.1) is 0 Å². The van der Waals surface area contributed by atoms with Gasteiger partial charge in [0, 0.05) is 25.7 Å². The van der Waals surface area contributed by atoms with E-state index in [1.807, 2.05) is 18.7 Å². The molecule has 1 saturated heterocycles. The lowest BCUT2D eigenvalue weighted by Crippen LogP contribution is -2.51. The summed E-state index contributed by atoms with van der Waals surface area (Å²) in [6.45, 7) is 7.97. The summed E-state index contributed by atoms with van der Waals surface area (Å²) < 4.78 is 0. The molecule has 2 amide bonds. The standard InChI is InChI=1S/C15H28N2O3/c1-4-5-6-10-17(12(2)3)15(20)16-9-7-8-13(11-16)14(18)19/h12-13H,4-11H2,1-3H3,(H,18,19)/t13-/m1/s1. The minimum atomic E-state index is -0.787. The van der Waals surface area contributed by atoms with Crippen molar-refractivity contribution in [2.75, 3.05) is 19.6 Å².